The van der Waals surface area contributed by atoms with Crippen molar-refractivity contribution in [1.29, 1.82) is 0 Å². The number of aliphatic hydroxyl groups excluding tert-OH is 1. The molecule has 0 heterocycles. The number of aliphatic carboxylic acids is 1. The number of hydrogen-bond donors (Lipinski definition) is 3. The van der Waals surface area contributed by atoms with Gasteiger partial charge in [0.15, 0.2) is 0 Å². The summed E-state index contributed by atoms with van der Waals surface area (Å²) < 4.78 is 0. The van der Waals surface area contributed by atoms with E-state index in [1.54, 1.807) is 0 Å². The van der Waals surface area contributed by atoms with Gasteiger partial charge in [-0.15, -0.1) is 0 Å². The van der Waals surface area contributed by atoms with Gasteiger partial charge in [0.2, 0.25) is 0 Å². The van der Waals surface area contributed by atoms with Crippen molar-refractivity contribution in [2.45, 2.75) is 86.5 Å². The van der Waals surface area contributed by atoms with E-state index >= 15 is 0 Å². The highest BCUT2D eigenvalue weighted by molar-refractivity contribution is 5.70. The average molecular weight is 360 g/mol. The van der Waals surface area contributed by atoms with Gasteiger partial charge >= 0.3 is 5.97 Å². The highest BCUT2D eigenvalue weighted by Crippen LogP contribution is 2.19. The molecule has 0 saturated carbocycles. The van der Waals surface area contributed by atoms with Crippen molar-refractivity contribution in [1.82, 2.24) is 0 Å². The number of carboxylic acid groups (broad SMARTS) is 1. The maximum absolute atomic E-state index is 10.8. The molecule has 0 aliphatic heterocycles. The summed E-state index contributed by atoms with van der Waals surface area (Å²) in [5.74, 6) is 1.40. The summed E-state index contributed by atoms with van der Waals surface area (Å²) in [4.78, 5) is 10.8. The van der Waals surface area contributed by atoms with Gasteiger partial charge < -0.3 is 15.9 Å². The van der Waals surface area contributed by atoms with Crippen LogP contribution in [0.3, 0.4) is 0 Å². The Hall–Kier alpha value is -0.610. The number of carboxylic acids is 1. The third kappa shape index (κ3) is 19.6. The summed E-state index contributed by atoms with van der Waals surface area (Å²) >= 11 is 0. The van der Waals surface area contributed by atoms with Crippen LogP contribution in [0.4, 0.5) is 0 Å². The van der Waals surface area contributed by atoms with Crippen molar-refractivity contribution < 1.29 is 15.0 Å². The predicted octanol–water partition coefficient (Wildman–Crippen LogP) is 4.94. The van der Waals surface area contributed by atoms with E-state index in [1.165, 1.54) is 32.1 Å². The smallest absolute Gasteiger partial charge is 0.307 e. The van der Waals surface area contributed by atoms with Crippen molar-refractivity contribution >= 4 is 5.97 Å². The minimum atomic E-state index is -0.756. The molecular weight excluding hydrogens is 314 g/mol. The second-order valence-electron chi connectivity index (χ2n) is 8.55. The Morgan fingerprint density at radius 3 is 1.60 bits per heavy atom. The minimum Gasteiger partial charge on any atom is -0.481 e. The molecule has 3 atom stereocenters. The first-order valence-electron chi connectivity index (χ1n) is 10.2. The molecule has 0 spiro atoms. The fourth-order valence-electron chi connectivity index (χ4n) is 2.74. The maximum atomic E-state index is 10.8. The van der Waals surface area contributed by atoms with Gasteiger partial charge in [0.25, 0.3) is 0 Å². The van der Waals surface area contributed by atoms with Crippen LogP contribution in [0.25, 0.3) is 0 Å². The minimum absolute atomic E-state index is 0.254. The first-order chi connectivity index (χ1) is 11.6. The Labute approximate surface area is 156 Å². The predicted molar refractivity (Wildman–Crippen MR) is 108 cm³/mol. The van der Waals surface area contributed by atoms with Crippen LogP contribution in [0.2, 0.25) is 0 Å². The van der Waals surface area contributed by atoms with Crippen LogP contribution in [0.1, 0.15) is 86.5 Å². The molecular formula is C21H45NO3. The first-order valence-corrected chi connectivity index (χ1v) is 10.2. The number of nitrogens with two attached hydrogens (primary N) is 1. The van der Waals surface area contributed by atoms with Crippen LogP contribution in [0.15, 0.2) is 0 Å². The second kappa shape index (κ2) is 16.8. The van der Waals surface area contributed by atoms with Gasteiger partial charge in [-0.05, 0) is 36.5 Å². The summed E-state index contributed by atoms with van der Waals surface area (Å²) in [6, 6.07) is 0. The van der Waals surface area contributed by atoms with E-state index in [0.29, 0.717) is 24.9 Å². The van der Waals surface area contributed by atoms with Crippen LogP contribution in [-0.2, 0) is 4.79 Å². The van der Waals surface area contributed by atoms with E-state index in [0.717, 1.165) is 18.3 Å². The molecule has 0 aromatic heterocycles. The summed E-state index contributed by atoms with van der Waals surface area (Å²) in [5.41, 5.74) is 5.42. The molecule has 0 saturated heterocycles. The van der Waals surface area contributed by atoms with Gasteiger partial charge in [0.05, 0.1) is 5.92 Å². The summed E-state index contributed by atoms with van der Waals surface area (Å²) in [6.45, 7) is 13.7. The Morgan fingerprint density at radius 2 is 1.28 bits per heavy atom. The fraction of sp³-hybridized carbons (Fsp3) is 0.952. The zero-order chi connectivity index (χ0) is 19.8. The molecule has 0 radical (unpaired) electrons. The monoisotopic (exact) mass is 359 g/mol. The quantitative estimate of drug-likeness (QED) is 0.435. The van der Waals surface area contributed by atoms with E-state index in [2.05, 4.69) is 41.5 Å². The molecule has 0 fully saturated rings. The summed E-state index contributed by atoms with van der Waals surface area (Å²) in [7, 11) is 0. The molecule has 25 heavy (non-hydrogen) atoms. The maximum Gasteiger partial charge on any atom is 0.307 e. The molecule has 152 valence electrons. The molecule has 0 aromatic carbocycles. The molecule has 0 aliphatic carbocycles. The van der Waals surface area contributed by atoms with Crippen molar-refractivity contribution in [3.05, 3.63) is 0 Å². The van der Waals surface area contributed by atoms with Gasteiger partial charge in [-0.25, -0.2) is 0 Å². The average Bonchev–Trinajstić information content (AvgIpc) is 2.52. The van der Waals surface area contributed by atoms with Crippen molar-refractivity contribution in [3.8, 4) is 0 Å². The number of carbonyl (C=O) groups is 1. The Bertz CT molecular complexity index is 306. The molecule has 0 amide bonds. The van der Waals surface area contributed by atoms with Gasteiger partial charge in [0.1, 0.15) is 0 Å². The lowest BCUT2D eigenvalue weighted by Gasteiger charge is -2.16. The number of aliphatic hydroxyl groups is 1. The Kier molecular flexibility index (Phi) is 17.9. The third-order valence-corrected chi connectivity index (χ3v) is 4.59. The van der Waals surface area contributed by atoms with Crippen LogP contribution in [0, 0.1) is 29.6 Å². The lowest BCUT2D eigenvalue weighted by atomic mass is 9.91. The van der Waals surface area contributed by atoms with Crippen molar-refractivity contribution in [3.63, 3.8) is 0 Å². The summed E-state index contributed by atoms with van der Waals surface area (Å²) in [5, 5.41) is 17.6. The lowest BCUT2D eigenvalue weighted by molar-refractivity contribution is -0.141. The Balaban J connectivity index is 0. The highest BCUT2D eigenvalue weighted by Gasteiger charge is 2.18. The molecule has 0 aromatic rings. The van der Waals surface area contributed by atoms with Gasteiger partial charge in [-0.1, -0.05) is 73.6 Å². The number of hydrogen-bond acceptors (Lipinski definition) is 3. The zero-order valence-corrected chi connectivity index (χ0v) is 17.6. The molecule has 0 rings (SSSR count). The fourth-order valence-corrected chi connectivity index (χ4v) is 2.74. The second-order valence-corrected chi connectivity index (χ2v) is 8.55. The lowest BCUT2D eigenvalue weighted by Crippen LogP contribution is -2.25. The van der Waals surface area contributed by atoms with Crippen LogP contribution in [-0.4, -0.2) is 29.3 Å². The van der Waals surface area contributed by atoms with E-state index in [4.69, 9.17) is 15.9 Å². The van der Waals surface area contributed by atoms with Gasteiger partial charge in [0, 0.05) is 13.2 Å². The first kappa shape index (κ1) is 26.6. The van der Waals surface area contributed by atoms with Crippen LogP contribution in [0.5, 0.6) is 0 Å². The van der Waals surface area contributed by atoms with E-state index in [-0.39, 0.29) is 12.5 Å². The molecule has 0 aliphatic rings. The standard InChI is InChI=1S/C12H25NO2.C9H20O/c1-9(2)5-4-6-10(3)7-11(8-13)12(14)15;1-8(2)5-4-6-9(3)7-10/h9-11H,4-8,13H2,1-3H3,(H,14,15);8-10H,4-7H2,1-3H3/t;9-/m.1/s1. The molecule has 4 nitrogen and oxygen atoms in total. The number of rotatable bonds is 13. The normalized spacial score (nSPS) is 14.8. The molecule has 2 unspecified atom stereocenters. The largest absolute Gasteiger partial charge is 0.481 e. The SMILES string of the molecule is CC(C)CCCC(C)CC(CN)C(=O)O.CC(C)CCC[C@@H](C)CO. The highest BCUT2D eigenvalue weighted by atomic mass is 16.4. The van der Waals surface area contributed by atoms with E-state index in [1.807, 2.05) is 0 Å². The van der Waals surface area contributed by atoms with Crippen molar-refractivity contribution in [2.75, 3.05) is 13.2 Å². The summed E-state index contributed by atoms with van der Waals surface area (Å²) in [6.07, 6.45) is 7.98. The van der Waals surface area contributed by atoms with Crippen LogP contribution >= 0.6 is 0 Å². The van der Waals surface area contributed by atoms with E-state index in [9.17, 15) is 4.79 Å². The van der Waals surface area contributed by atoms with Crippen LogP contribution < -0.4 is 5.73 Å². The van der Waals surface area contributed by atoms with Gasteiger partial charge in [-0.3, -0.25) is 4.79 Å². The zero-order valence-electron chi connectivity index (χ0n) is 17.6. The topological polar surface area (TPSA) is 83.6 Å². The molecule has 0 bridgehead atoms. The van der Waals surface area contributed by atoms with Gasteiger partial charge in [-0.2, -0.15) is 0 Å². The molecule has 4 N–H and O–H groups in total. The van der Waals surface area contributed by atoms with E-state index < -0.39 is 5.97 Å². The third-order valence-electron chi connectivity index (χ3n) is 4.59. The Morgan fingerprint density at radius 1 is 0.840 bits per heavy atom. The molecule has 4 heteroatoms. The van der Waals surface area contributed by atoms with Crippen molar-refractivity contribution in [2.24, 2.45) is 35.3 Å².